The fourth-order valence-corrected chi connectivity index (χ4v) is 5.13. The van der Waals surface area contributed by atoms with Gasteiger partial charge >= 0.3 is 0 Å². The number of aromatic nitrogens is 2. The number of rotatable bonds is 4. The molecule has 7 nitrogen and oxygen atoms in total. The van der Waals surface area contributed by atoms with Crippen LogP contribution in [0.15, 0.2) is 23.2 Å². The van der Waals surface area contributed by atoms with Crippen molar-refractivity contribution >= 4 is 44.8 Å². The summed E-state index contributed by atoms with van der Waals surface area (Å²) in [4.78, 5) is 12.5. The summed E-state index contributed by atoms with van der Waals surface area (Å²) in [5.74, 6) is -0.527. The van der Waals surface area contributed by atoms with Crippen LogP contribution >= 0.6 is 23.2 Å². The van der Waals surface area contributed by atoms with Crippen LogP contribution in [0.1, 0.15) is 28.9 Å². The summed E-state index contributed by atoms with van der Waals surface area (Å²) in [7, 11) is -2.02. The van der Waals surface area contributed by atoms with Crippen molar-refractivity contribution in [1.82, 2.24) is 14.1 Å². The molecule has 1 aromatic carbocycles. The zero-order valence-electron chi connectivity index (χ0n) is 14.3. The van der Waals surface area contributed by atoms with Crippen LogP contribution in [0.25, 0.3) is 0 Å². The van der Waals surface area contributed by atoms with Crippen LogP contribution in [0.4, 0.5) is 5.69 Å². The predicted molar refractivity (Wildman–Crippen MR) is 100 cm³/mol. The average molecular weight is 417 g/mol. The Hall–Kier alpha value is -1.61. The maximum absolute atomic E-state index is 12.8. The predicted octanol–water partition coefficient (Wildman–Crippen LogP) is 3.07. The molecular formula is C16H18Cl2N4O3S. The van der Waals surface area contributed by atoms with Crippen LogP contribution in [0.3, 0.4) is 0 Å². The lowest BCUT2D eigenvalue weighted by molar-refractivity contribution is 0.102. The van der Waals surface area contributed by atoms with Gasteiger partial charge in [0.25, 0.3) is 5.91 Å². The summed E-state index contributed by atoms with van der Waals surface area (Å²) in [6.07, 6.45) is 3.12. The standard InChI is InChI=1S/C16H18Cl2N4O3S/c1-10-14(9-19-21(10)2)20-16(23)11-7-15(13(18)8-12(11)17)26(24,25)22-5-3-4-6-22/h7-9H,3-6H2,1-2H3,(H,20,23). The van der Waals surface area contributed by atoms with Crippen molar-refractivity contribution in [3.63, 3.8) is 0 Å². The minimum Gasteiger partial charge on any atom is -0.319 e. The molecule has 0 unspecified atom stereocenters. The number of nitrogens with one attached hydrogen (secondary N) is 1. The molecule has 1 aliphatic rings. The van der Waals surface area contributed by atoms with E-state index < -0.39 is 15.9 Å². The first-order valence-corrected chi connectivity index (χ1v) is 10.2. The third kappa shape index (κ3) is 3.46. The number of halogens is 2. The molecule has 2 heterocycles. The third-order valence-corrected chi connectivity index (χ3v) is 7.11. The molecule has 1 aromatic heterocycles. The molecule has 0 atom stereocenters. The first-order chi connectivity index (χ1) is 12.2. The Labute approximate surface area is 161 Å². The largest absolute Gasteiger partial charge is 0.319 e. The monoisotopic (exact) mass is 416 g/mol. The normalized spacial score (nSPS) is 15.4. The van der Waals surface area contributed by atoms with Crippen LogP contribution in [0.5, 0.6) is 0 Å². The Bertz CT molecular complexity index is 966. The SMILES string of the molecule is Cc1c(NC(=O)c2cc(S(=O)(=O)N3CCCC3)c(Cl)cc2Cl)cnn1C. The summed E-state index contributed by atoms with van der Waals surface area (Å²) < 4.78 is 28.6. The second kappa shape index (κ2) is 7.19. The number of benzene rings is 1. The van der Waals surface area contributed by atoms with Gasteiger partial charge in [0, 0.05) is 20.1 Å². The number of hydrogen-bond donors (Lipinski definition) is 1. The molecule has 1 N–H and O–H groups in total. The van der Waals surface area contributed by atoms with Crippen molar-refractivity contribution in [2.75, 3.05) is 18.4 Å². The van der Waals surface area contributed by atoms with Gasteiger partial charge in [-0.15, -0.1) is 0 Å². The lowest BCUT2D eigenvalue weighted by Crippen LogP contribution is -2.28. The molecule has 1 amide bonds. The minimum absolute atomic E-state index is 0.00370. The van der Waals surface area contributed by atoms with Crippen molar-refractivity contribution in [3.05, 3.63) is 39.6 Å². The molecule has 2 aromatic rings. The number of sulfonamides is 1. The smallest absolute Gasteiger partial charge is 0.257 e. The van der Waals surface area contributed by atoms with Gasteiger partial charge in [-0.25, -0.2) is 8.42 Å². The first-order valence-electron chi connectivity index (χ1n) is 8.01. The molecule has 140 valence electrons. The molecule has 0 radical (unpaired) electrons. The third-order valence-electron chi connectivity index (χ3n) is 4.43. The maximum Gasteiger partial charge on any atom is 0.257 e. The van der Waals surface area contributed by atoms with Gasteiger partial charge in [-0.1, -0.05) is 23.2 Å². The van der Waals surface area contributed by atoms with Gasteiger partial charge in [0.05, 0.1) is 33.2 Å². The maximum atomic E-state index is 12.8. The van der Waals surface area contributed by atoms with E-state index in [9.17, 15) is 13.2 Å². The highest BCUT2D eigenvalue weighted by atomic mass is 35.5. The van der Waals surface area contributed by atoms with Gasteiger partial charge in [0.1, 0.15) is 4.90 Å². The lowest BCUT2D eigenvalue weighted by Gasteiger charge is -2.17. The second-order valence-corrected chi connectivity index (χ2v) is 8.82. The molecule has 0 bridgehead atoms. The highest BCUT2D eigenvalue weighted by molar-refractivity contribution is 7.89. The quantitative estimate of drug-likeness (QED) is 0.829. The number of nitrogens with zero attached hydrogens (tertiary/aromatic N) is 3. The molecule has 1 fully saturated rings. The van der Waals surface area contributed by atoms with Crippen LogP contribution in [-0.4, -0.2) is 41.5 Å². The van der Waals surface area contributed by atoms with E-state index in [-0.39, 0.29) is 20.5 Å². The number of amides is 1. The van der Waals surface area contributed by atoms with Crippen LogP contribution in [0.2, 0.25) is 10.0 Å². The number of hydrogen-bond acceptors (Lipinski definition) is 4. The molecule has 3 rings (SSSR count). The van der Waals surface area contributed by atoms with Crippen molar-refractivity contribution < 1.29 is 13.2 Å². The van der Waals surface area contributed by atoms with Crippen LogP contribution in [-0.2, 0) is 17.1 Å². The molecule has 10 heteroatoms. The Morgan fingerprint density at radius 1 is 1.19 bits per heavy atom. The number of aryl methyl sites for hydroxylation is 1. The van der Waals surface area contributed by atoms with Gasteiger partial charge in [0.2, 0.25) is 10.0 Å². The molecule has 0 spiro atoms. The average Bonchev–Trinajstić information content (AvgIpc) is 3.21. The Morgan fingerprint density at radius 2 is 1.85 bits per heavy atom. The van der Waals surface area contributed by atoms with E-state index in [0.717, 1.165) is 18.5 Å². The Kier molecular flexibility index (Phi) is 5.30. The molecule has 1 aliphatic heterocycles. The summed E-state index contributed by atoms with van der Waals surface area (Å²) >= 11 is 12.3. The number of carbonyl (C=O) groups is 1. The van der Waals surface area contributed by atoms with Crippen molar-refractivity contribution in [2.24, 2.45) is 7.05 Å². The van der Waals surface area contributed by atoms with Crippen LogP contribution < -0.4 is 5.32 Å². The Morgan fingerprint density at radius 3 is 2.42 bits per heavy atom. The Balaban J connectivity index is 1.97. The zero-order valence-corrected chi connectivity index (χ0v) is 16.6. The molecule has 26 heavy (non-hydrogen) atoms. The van der Waals surface area contributed by atoms with E-state index in [2.05, 4.69) is 10.4 Å². The number of anilines is 1. The van der Waals surface area contributed by atoms with Crippen molar-refractivity contribution in [3.8, 4) is 0 Å². The van der Waals surface area contributed by atoms with Gasteiger partial charge in [-0.3, -0.25) is 9.48 Å². The summed E-state index contributed by atoms with van der Waals surface area (Å²) in [5, 5.41) is 6.83. The van der Waals surface area contributed by atoms with E-state index in [1.807, 2.05) is 0 Å². The molecule has 1 saturated heterocycles. The van der Waals surface area contributed by atoms with Gasteiger partial charge < -0.3 is 5.32 Å². The molecule has 0 saturated carbocycles. The number of carbonyl (C=O) groups excluding carboxylic acids is 1. The zero-order chi connectivity index (χ0) is 19.1. The van der Waals surface area contributed by atoms with E-state index in [0.29, 0.717) is 18.8 Å². The molecule has 0 aliphatic carbocycles. The molecular weight excluding hydrogens is 399 g/mol. The van der Waals surface area contributed by atoms with E-state index in [1.54, 1.807) is 18.7 Å². The lowest BCUT2D eigenvalue weighted by atomic mass is 10.2. The van der Waals surface area contributed by atoms with E-state index >= 15 is 0 Å². The highest BCUT2D eigenvalue weighted by Crippen LogP contribution is 2.32. The van der Waals surface area contributed by atoms with Crippen LogP contribution in [0, 0.1) is 6.92 Å². The van der Waals surface area contributed by atoms with Gasteiger partial charge in [-0.05, 0) is 31.9 Å². The highest BCUT2D eigenvalue weighted by Gasteiger charge is 2.30. The van der Waals surface area contributed by atoms with Gasteiger partial charge in [0.15, 0.2) is 0 Å². The van der Waals surface area contributed by atoms with Crippen molar-refractivity contribution in [2.45, 2.75) is 24.7 Å². The topological polar surface area (TPSA) is 84.3 Å². The first kappa shape index (κ1) is 19.2. The fraction of sp³-hybridized carbons (Fsp3) is 0.375. The summed E-state index contributed by atoms with van der Waals surface area (Å²) in [6.45, 7) is 2.69. The minimum atomic E-state index is -3.77. The summed E-state index contributed by atoms with van der Waals surface area (Å²) in [5.41, 5.74) is 1.32. The van der Waals surface area contributed by atoms with E-state index in [4.69, 9.17) is 23.2 Å². The van der Waals surface area contributed by atoms with Crippen molar-refractivity contribution in [1.29, 1.82) is 0 Å². The van der Waals surface area contributed by atoms with E-state index in [1.165, 1.54) is 22.6 Å². The second-order valence-electron chi connectivity index (χ2n) is 6.10. The fourth-order valence-electron chi connectivity index (χ4n) is 2.78. The van der Waals surface area contributed by atoms with Gasteiger partial charge in [-0.2, -0.15) is 9.40 Å². The summed E-state index contributed by atoms with van der Waals surface area (Å²) in [6, 6.07) is 2.52.